The quantitative estimate of drug-likeness (QED) is 0.434. The van der Waals surface area contributed by atoms with Crippen LogP contribution in [-0.4, -0.2) is 27.6 Å². The fourth-order valence-electron chi connectivity index (χ4n) is 10.7. The first-order valence-corrected chi connectivity index (χ1v) is 13.8. The molecule has 9 atom stereocenters. The fraction of sp³-hybridized carbons (Fsp3) is 0.867. The van der Waals surface area contributed by atoms with Crippen LogP contribution < -0.4 is 0 Å². The van der Waals surface area contributed by atoms with Gasteiger partial charge in [-0.15, -0.1) is 0 Å². The van der Waals surface area contributed by atoms with E-state index < -0.39 is 17.0 Å². The highest BCUT2D eigenvalue weighted by molar-refractivity contribution is 5.85. The topological polar surface area (TPSA) is 74.6 Å². The largest absolute Gasteiger partial charge is 0.481 e. The first-order valence-electron chi connectivity index (χ1n) is 13.8. The second-order valence-electron chi connectivity index (χ2n) is 14.5. The van der Waals surface area contributed by atoms with Gasteiger partial charge in [-0.2, -0.15) is 0 Å². The molecule has 0 heterocycles. The minimum atomic E-state index is -1.02. The SMILES string of the molecule is CC1CCC2(C(=O)O)CCC3(C)C(=CCC4C5(C)CCC(=O)C(C)(C)C5CCC43C)C2C1(C)O. The van der Waals surface area contributed by atoms with Gasteiger partial charge in [0.05, 0.1) is 11.0 Å². The minimum absolute atomic E-state index is 0.0419. The Bertz CT molecular complexity index is 961. The summed E-state index contributed by atoms with van der Waals surface area (Å²) in [6, 6.07) is 0. The molecule has 34 heavy (non-hydrogen) atoms. The molecule has 0 aromatic heterocycles. The molecule has 5 rings (SSSR count). The lowest BCUT2D eigenvalue weighted by molar-refractivity contribution is -0.206. The van der Waals surface area contributed by atoms with Crippen LogP contribution in [0.15, 0.2) is 11.6 Å². The maximum atomic E-state index is 12.9. The van der Waals surface area contributed by atoms with E-state index >= 15 is 0 Å². The Kier molecular flexibility index (Phi) is 5.04. The summed E-state index contributed by atoms with van der Waals surface area (Å²) in [4.78, 5) is 25.7. The summed E-state index contributed by atoms with van der Waals surface area (Å²) in [5.41, 5.74) is -0.880. The number of rotatable bonds is 1. The number of fused-ring (bicyclic) bond motifs is 7. The predicted octanol–water partition coefficient (Wildman–Crippen LogP) is 6.41. The summed E-state index contributed by atoms with van der Waals surface area (Å²) in [6.07, 6.45) is 10.1. The molecule has 0 radical (unpaired) electrons. The van der Waals surface area contributed by atoms with Gasteiger partial charge in [0.1, 0.15) is 5.78 Å². The average molecular weight is 471 g/mol. The highest BCUT2D eigenvalue weighted by atomic mass is 16.4. The van der Waals surface area contributed by atoms with Crippen molar-refractivity contribution in [3.63, 3.8) is 0 Å². The number of aliphatic carboxylic acids is 1. The lowest BCUT2D eigenvalue weighted by Crippen LogP contribution is -2.67. The summed E-state index contributed by atoms with van der Waals surface area (Å²) in [7, 11) is 0. The second-order valence-corrected chi connectivity index (χ2v) is 14.5. The summed E-state index contributed by atoms with van der Waals surface area (Å²) in [6.45, 7) is 15.7. The van der Waals surface area contributed by atoms with Gasteiger partial charge in [-0.25, -0.2) is 0 Å². The fourth-order valence-corrected chi connectivity index (χ4v) is 10.7. The maximum Gasteiger partial charge on any atom is 0.310 e. The van der Waals surface area contributed by atoms with Crippen LogP contribution in [0.3, 0.4) is 0 Å². The first kappa shape index (κ1) is 24.5. The number of ketones is 1. The lowest BCUT2D eigenvalue weighted by Gasteiger charge is -2.71. The molecule has 190 valence electrons. The molecule has 0 spiro atoms. The smallest absolute Gasteiger partial charge is 0.310 e. The van der Waals surface area contributed by atoms with Gasteiger partial charge >= 0.3 is 5.97 Å². The van der Waals surface area contributed by atoms with Gasteiger partial charge in [0, 0.05) is 17.8 Å². The van der Waals surface area contributed by atoms with Gasteiger partial charge in [0.25, 0.3) is 0 Å². The predicted molar refractivity (Wildman–Crippen MR) is 133 cm³/mol. The summed E-state index contributed by atoms with van der Waals surface area (Å²) >= 11 is 0. The third kappa shape index (κ3) is 2.65. The van der Waals surface area contributed by atoms with Crippen molar-refractivity contribution in [1.82, 2.24) is 0 Å². The van der Waals surface area contributed by atoms with E-state index in [9.17, 15) is 19.8 Å². The van der Waals surface area contributed by atoms with E-state index in [4.69, 9.17) is 0 Å². The van der Waals surface area contributed by atoms with Crippen LogP contribution in [0, 0.1) is 50.7 Å². The van der Waals surface area contributed by atoms with E-state index in [0.29, 0.717) is 36.9 Å². The van der Waals surface area contributed by atoms with Gasteiger partial charge in [0.15, 0.2) is 0 Å². The van der Waals surface area contributed by atoms with Crippen LogP contribution in [0.2, 0.25) is 0 Å². The van der Waals surface area contributed by atoms with E-state index in [1.807, 2.05) is 6.92 Å². The van der Waals surface area contributed by atoms with Crippen LogP contribution >= 0.6 is 0 Å². The third-order valence-corrected chi connectivity index (χ3v) is 13.2. The zero-order chi connectivity index (χ0) is 25.1. The van der Waals surface area contributed by atoms with E-state index in [-0.39, 0.29) is 33.5 Å². The van der Waals surface area contributed by atoms with Crippen molar-refractivity contribution in [2.24, 2.45) is 50.7 Å². The molecule has 4 fully saturated rings. The molecule has 5 aliphatic rings. The van der Waals surface area contributed by atoms with Crippen molar-refractivity contribution in [3.8, 4) is 0 Å². The molecule has 4 heteroatoms. The molecule has 4 nitrogen and oxygen atoms in total. The normalized spacial score (nSPS) is 54.1. The van der Waals surface area contributed by atoms with Gasteiger partial charge in [-0.3, -0.25) is 9.59 Å². The third-order valence-electron chi connectivity index (χ3n) is 13.2. The van der Waals surface area contributed by atoms with E-state index in [1.54, 1.807) is 0 Å². The molecule has 5 aliphatic carbocycles. The molecule has 0 aliphatic heterocycles. The van der Waals surface area contributed by atoms with Crippen molar-refractivity contribution in [1.29, 1.82) is 0 Å². The van der Waals surface area contributed by atoms with Gasteiger partial charge in [0.2, 0.25) is 0 Å². The standard InChI is InChI=1S/C30H46O4/c1-18-10-15-30(24(32)33)17-16-27(5)19(23(30)29(18,7)34)8-9-21-26(4)13-12-22(31)25(2,3)20(26)11-14-28(21,27)6/h8,18,20-21,23,34H,9-17H2,1-7H3,(H,32,33). The monoisotopic (exact) mass is 470 g/mol. The van der Waals surface area contributed by atoms with E-state index in [0.717, 1.165) is 38.5 Å². The van der Waals surface area contributed by atoms with Gasteiger partial charge in [-0.05, 0) is 92.3 Å². The van der Waals surface area contributed by atoms with Crippen LogP contribution in [0.25, 0.3) is 0 Å². The number of allylic oxidation sites excluding steroid dienone is 1. The number of carboxylic acid groups (broad SMARTS) is 1. The highest BCUT2D eigenvalue weighted by Crippen LogP contribution is 2.75. The molecule has 0 aromatic carbocycles. The van der Waals surface area contributed by atoms with Crippen LogP contribution in [0.5, 0.6) is 0 Å². The number of hydrogen-bond donors (Lipinski definition) is 2. The molecule has 0 aromatic rings. The molecule has 0 bridgehead atoms. The molecule has 2 N–H and O–H groups in total. The molecule has 0 saturated heterocycles. The summed E-state index contributed by atoms with van der Waals surface area (Å²) in [5.74, 6) is 0.335. The Morgan fingerprint density at radius 3 is 2.26 bits per heavy atom. The van der Waals surface area contributed by atoms with Crippen molar-refractivity contribution in [3.05, 3.63) is 11.6 Å². The Balaban J connectivity index is 1.65. The van der Waals surface area contributed by atoms with Crippen LogP contribution in [0.4, 0.5) is 0 Å². The average Bonchev–Trinajstić information content (AvgIpc) is 2.74. The Hall–Kier alpha value is -1.16. The molecule has 9 unspecified atom stereocenters. The van der Waals surface area contributed by atoms with Crippen molar-refractivity contribution in [2.75, 3.05) is 0 Å². The Morgan fingerprint density at radius 2 is 1.62 bits per heavy atom. The molecular formula is C30H46O4. The molecular weight excluding hydrogens is 424 g/mol. The van der Waals surface area contributed by atoms with E-state index in [2.05, 4.69) is 47.6 Å². The molecule has 4 saturated carbocycles. The maximum absolute atomic E-state index is 12.9. The number of carbonyl (C=O) groups is 2. The van der Waals surface area contributed by atoms with Crippen molar-refractivity contribution >= 4 is 11.8 Å². The Labute approximate surface area is 206 Å². The van der Waals surface area contributed by atoms with Crippen molar-refractivity contribution in [2.45, 2.75) is 112 Å². The Morgan fingerprint density at radius 1 is 0.941 bits per heavy atom. The van der Waals surface area contributed by atoms with Crippen LogP contribution in [-0.2, 0) is 9.59 Å². The zero-order valence-electron chi connectivity index (χ0n) is 22.5. The number of hydrogen-bond acceptors (Lipinski definition) is 3. The van der Waals surface area contributed by atoms with Crippen molar-refractivity contribution < 1.29 is 19.8 Å². The van der Waals surface area contributed by atoms with Gasteiger partial charge in [-0.1, -0.05) is 53.2 Å². The summed E-state index contributed by atoms with van der Waals surface area (Å²) in [5, 5.41) is 22.4. The van der Waals surface area contributed by atoms with Crippen LogP contribution in [0.1, 0.15) is 106 Å². The first-order chi connectivity index (χ1) is 15.6. The lowest BCUT2D eigenvalue weighted by atomic mass is 9.33. The number of aliphatic hydroxyl groups is 1. The zero-order valence-corrected chi connectivity index (χ0v) is 22.5. The number of carbonyl (C=O) groups excluding carboxylic acids is 1. The highest BCUT2D eigenvalue weighted by Gasteiger charge is 2.71. The van der Waals surface area contributed by atoms with E-state index in [1.165, 1.54) is 5.57 Å². The second kappa shape index (κ2) is 6.99. The minimum Gasteiger partial charge on any atom is -0.481 e. The number of carboxylic acids is 1. The molecule has 0 amide bonds. The van der Waals surface area contributed by atoms with Gasteiger partial charge < -0.3 is 10.2 Å². The summed E-state index contributed by atoms with van der Waals surface area (Å²) < 4.78 is 0. The number of Topliss-reactive ketones (excluding diaryl/α,β-unsaturated/α-hetero) is 1.